The first kappa shape index (κ1) is 26.5. The van der Waals surface area contributed by atoms with Crippen LogP contribution in [0.3, 0.4) is 0 Å². The Kier molecular flexibility index (Phi) is 9.58. The lowest BCUT2D eigenvalue weighted by Crippen LogP contribution is -2.55. The first-order chi connectivity index (χ1) is 14.3. The molecule has 0 bridgehead atoms. The van der Waals surface area contributed by atoms with Crippen molar-refractivity contribution in [2.45, 2.75) is 84.6 Å². The third-order valence-electron chi connectivity index (χ3n) is 5.55. The van der Waals surface area contributed by atoms with E-state index in [-0.39, 0.29) is 18.2 Å². The maximum atomic E-state index is 12.5. The summed E-state index contributed by atoms with van der Waals surface area (Å²) in [6.45, 7) is 10.6. The van der Waals surface area contributed by atoms with Gasteiger partial charge in [-0.2, -0.15) is 0 Å². The number of carbonyl (C=O) groups is 4. The van der Waals surface area contributed by atoms with Crippen molar-refractivity contribution in [3.05, 3.63) is 0 Å². The zero-order chi connectivity index (χ0) is 23.9. The van der Waals surface area contributed by atoms with Crippen molar-refractivity contribution in [1.29, 1.82) is 0 Å². The number of ether oxygens (including phenoxy) is 3. The monoisotopic (exact) mass is 443 g/mol. The van der Waals surface area contributed by atoms with E-state index in [4.69, 9.17) is 19.9 Å². The molecule has 1 rings (SSSR count). The average Bonchev–Trinajstić information content (AvgIpc) is 2.96. The number of rotatable bonds is 8. The van der Waals surface area contributed by atoms with Crippen molar-refractivity contribution in [1.82, 2.24) is 10.6 Å². The van der Waals surface area contributed by atoms with Crippen molar-refractivity contribution in [2.75, 3.05) is 7.11 Å². The molecule has 0 unspecified atom stereocenters. The lowest BCUT2D eigenvalue weighted by Gasteiger charge is -2.37. The van der Waals surface area contributed by atoms with Crippen molar-refractivity contribution >= 4 is 24.1 Å². The minimum atomic E-state index is -1.05. The number of nitrogens with two attached hydrogens (primary N) is 1. The highest BCUT2D eigenvalue weighted by molar-refractivity contribution is 5.76. The van der Waals surface area contributed by atoms with E-state index >= 15 is 0 Å². The molecule has 1 saturated carbocycles. The van der Waals surface area contributed by atoms with E-state index in [0.29, 0.717) is 0 Å². The minimum absolute atomic E-state index is 0.00668. The molecule has 0 radical (unpaired) electrons. The quantitative estimate of drug-likeness (QED) is 0.384. The summed E-state index contributed by atoms with van der Waals surface area (Å²) in [7, 11) is 1.24. The number of hydrogen-bond acceptors (Lipinski definition) is 7. The largest absolute Gasteiger partial charge is 0.469 e. The highest BCUT2D eigenvalue weighted by Gasteiger charge is 2.54. The summed E-state index contributed by atoms with van der Waals surface area (Å²) in [5.41, 5.74) is 4.57. The van der Waals surface area contributed by atoms with Crippen LogP contribution >= 0.6 is 0 Å². The Morgan fingerprint density at radius 2 is 1.71 bits per heavy atom. The normalized spacial score (nSPS) is 24.3. The summed E-state index contributed by atoms with van der Waals surface area (Å²) < 4.78 is 15.6. The van der Waals surface area contributed by atoms with Gasteiger partial charge in [-0.3, -0.25) is 9.59 Å². The van der Waals surface area contributed by atoms with Crippen molar-refractivity contribution in [3.63, 3.8) is 0 Å². The van der Waals surface area contributed by atoms with Gasteiger partial charge in [-0.15, -0.1) is 0 Å². The molecule has 0 aliphatic heterocycles. The zero-order valence-electron chi connectivity index (χ0n) is 19.5. The molecular formula is C21H37N3O7. The summed E-state index contributed by atoms with van der Waals surface area (Å²) >= 11 is 0. The zero-order valence-corrected chi connectivity index (χ0v) is 19.5. The van der Waals surface area contributed by atoms with Crippen molar-refractivity contribution in [3.8, 4) is 0 Å². The fourth-order valence-electron chi connectivity index (χ4n) is 4.37. The molecule has 0 heterocycles. The molecule has 10 nitrogen and oxygen atoms in total. The standard InChI is InChI=1S/C21H37N3O7/c1-8-12(9-2)16(23-11(3)25)15-14(24-20(28)31-21(4,5)6)10-13(18(26)29-7)17(15)30-19(22)27/h12-17H,8-10H2,1-7H3,(H2,22,27)(H,23,25)(H,24,28)/t13-,14+,15+,16-,17+/m0/s1. The Labute approximate surface area is 183 Å². The van der Waals surface area contributed by atoms with Crippen LogP contribution in [0.4, 0.5) is 9.59 Å². The van der Waals surface area contributed by atoms with Crippen LogP contribution in [0.2, 0.25) is 0 Å². The van der Waals surface area contributed by atoms with Crippen LogP contribution in [-0.2, 0) is 23.8 Å². The van der Waals surface area contributed by atoms with Gasteiger partial charge in [0.1, 0.15) is 11.7 Å². The molecule has 1 fully saturated rings. The van der Waals surface area contributed by atoms with Gasteiger partial charge in [-0.05, 0) is 33.1 Å². The molecule has 0 aromatic heterocycles. The molecule has 4 N–H and O–H groups in total. The molecule has 1 aliphatic rings. The first-order valence-corrected chi connectivity index (χ1v) is 10.6. The molecule has 0 aromatic rings. The van der Waals surface area contributed by atoms with E-state index in [1.165, 1.54) is 14.0 Å². The molecule has 1 aliphatic carbocycles. The predicted molar refractivity (Wildman–Crippen MR) is 113 cm³/mol. The van der Waals surface area contributed by atoms with Crippen LogP contribution in [0.5, 0.6) is 0 Å². The number of esters is 1. The van der Waals surface area contributed by atoms with Gasteiger partial charge in [0.05, 0.1) is 13.0 Å². The van der Waals surface area contributed by atoms with Crippen LogP contribution in [0, 0.1) is 17.8 Å². The molecule has 5 atom stereocenters. The number of alkyl carbamates (subject to hydrolysis) is 1. The van der Waals surface area contributed by atoms with Gasteiger partial charge in [0.2, 0.25) is 5.91 Å². The Morgan fingerprint density at radius 1 is 1.13 bits per heavy atom. The number of primary amides is 1. The van der Waals surface area contributed by atoms with Gasteiger partial charge in [0.25, 0.3) is 0 Å². The topological polar surface area (TPSA) is 146 Å². The van der Waals surface area contributed by atoms with E-state index in [1.807, 2.05) is 13.8 Å². The Morgan fingerprint density at radius 3 is 2.13 bits per heavy atom. The number of carbonyl (C=O) groups excluding carboxylic acids is 4. The maximum Gasteiger partial charge on any atom is 0.407 e. The summed E-state index contributed by atoms with van der Waals surface area (Å²) in [4.78, 5) is 48.7. The highest BCUT2D eigenvalue weighted by Crippen LogP contribution is 2.40. The predicted octanol–water partition coefficient (Wildman–Crippen LogP) is 2.09. The van der Waals surface area contributed by atoms with Crippen LogP contribution in [-0.4, -0.2) is 55.0 Å². The molecule has 178 valence electrons. The van der Waals surface area contributed by atoms with Crippen LogP contribution < -0.4 is 16.4 Å². The molecule has 0 aromatic carbocycles. The summed E-state index contributed by atoms with van der Waals surface area (Å²) in [6, 6.07) is -1.10. The van der Waals surface area contributed by atoms with Crippen LogP contribution in [0.25, 0.3) is 0 Å². The number of hydrogen-bond donors (Lipinski definition) is 3. The summed E-state index contributed by atoms with van der Waals surface area (Å²) in [5, 5.41) is 5.74. The Hall–Kier alpha value is -2.52. The van der Waals surface area contributed by atoms with Gasteiger partial charge < -0.3 is 30.6 Å². The molecule has 10 heteroatoms. The lowest BCUT2D eigenvalue weighted by molar-refractivity contribution is -0.149. The van der Waals surface area contributed by atoms with Gasteiger partial charge in [0, 0.05) is 24.9 Å². The second-order valence-electron chi connectivity index (χ2n) is 8.90. The fraction of sp³-hybridized carbons (Fsp3) is 0.810. The third kappa shape index (κ3) is 7.59. The smallest absolute Gasteiger partial charge is 0.407 e. The molecule has 31 heavy (non-hydrogen) atoms. The fourth-order valence-corrected chi connectivity index (χ4v) is 4.37. The van der Waals surface area contributed by atoms with E-state index in [9.17, 15) is 19.2 Å². The molecule has 3 amide bonds. The minimum Gasteiger partial charge on any atom is -0.469 e. The van der Waals surface area contributed by atoms with Gasteiger partial charge in [0.15, 0.2) is 0 Å². The Bertz CT molecular complexity index is 658. The van der Waals surface area contributed by atoms with Crippen molar-refractivity contribution in [2.24, 2.45) is 23.5 Å². The van der Waals surface area contributed by atoms with Gasteiger partial charge in [-0.25, -0.2) is 9.59 Å². The van der Waals surface area contributed by atoms with E-state index < -0.39 is 53.8 Å². The third-order valence-corrected chi connectivity index (χ3v) is 5.55. The van der Waals surface area contributed by atoms with E-state index in [2.05, 4.69) is 10.6 Å². The summed E-state index contributed by atoms with van der Waals surface area (Å²) in [5.74, 6) is -2.32. The molecular weight excluding hydrogens is 406 g/mol. The summed E-state index contributed by atoms with van der Waals surface area (Å²) in [6.07, 6.45) is -1.11. The molecule has 0 saturated heterocycles. The van der Waals surface area contributed by atoms with E-state index in [0.717, 1.165) is 12.8 Å². The van der Waals surface area contributed by atoms with Crippen LogP contribution in [0.1, 0.15) is 60.8 Å². The highest BCUT2D eigenvalue weighted by atomic mass is 16.6. The van der Waals surface area contributed by atoms with Gasteiger partial charge >= 0.3 is 18.2 Å². The Balaban J connectivity index is 3.43. The SMILES string of the molecule is CCC(CC)[C@H](NC(C)=O)[C@@H]1[C@H](OC(N)=O)[C@@H](C(=O)OC)C[C@H]1NC(=O)OC(C)(C)C. The molecule has 0 spiro atoms. The number of nitrogens with one attached hydrogen (secondary N) is 2. The van der Waals surface area contributed by atoms with Gasteiger partial charge in [-0.1, -0.05) is 26.7 Å². The second-order valence-corrected chi connectivity index (χ2v) is 8.90. The first-order valence-electron chi connectivity index (χ1n) is 10.6. The van der Waals surface area contributed by atoms with E-state index in [1.54, 1.807) is 20.8 Å². The van der Waals surface area contributed by atoms with Crippen LogP contribution in [0.15, 0.2) is 0 Å². The number of methoxy groups -OCH3 is 1. The average molecular weight is 444 g/mol. The number of amides is 3. The van der Waals surface area contributed by atoms with Crippen molar-refractivity contribution < 1.29 is 33.4 Å². The maximum absolute atomic E-state index is 12.5. The second kappa shape index (κ2) is 11.2. The lowest BCUT2D eigenvalue weighted by atomic mass is 9.80.